The van der Waals surface area contributed by atoms with Crippen LogP contribution in [0.2, 0.25) is 0 Å². The van der Waals surface area contributed by atoms with Gasteiger partial charge in [-0.25, -0.2) is 8.78 Å². The highest BCUT2D eigenvalue weighted by Crippen LogP contribution is 2.33. The fourth-order valence-corrected chi connectivity index (χ4v) is 2.37. The van der Waals surface area contributed by atoms with Crippen LogP contribution in [0.1, 0.15) is 18.4 Å². The molecule has 6 nitrogen and oxygen atoms in total. The molecule has 23 heavy (non-hydrogen) atoms. The van der Waals surface area contributed by atoms with Gasteiger partial charge >= 0.3 is 0 Å². The van der Waals surface area contributed by atoms with Crippen LogP contribution < -0.4 is 9.75 Å². The van der Waals surface area contributed by atoms with Crippen LogP contribution in [-0.4, -0.2) is 28.5 Å². The molecular formula is C15H14F2N4O2. The smallest absolute Gasteiger partial charge is 0.247 e. The van der Waals surface area contributed by atoms with Crippen molar-refractivity contribution in [2.45, 2.75) is 12.8 Å². The molecule has 1 aromatic carbocycles. The second-order valence-corrected chi connectivity index (χ2v) is 5.09. The van der Waals surface area contributed by atoms with Gasteiger partial charge < -0.3 is 4.74 Å². The van der Waals surface area contributed by atoms with Gasteiger partial charge in [0.05, 0.1) is 19.0 Å². The second-order valence-electron chi connectivity index (χ2n) is 5.09. The number of aryl methyl sites for hydroxylation is 1. The van der Waals surface area contributed by atoms with Crippen LogP contribution in [0.5, 0.6) is 5.75 Å². The number of hydrogen-bond donors (Lipinski definition) is 0. The number of hydrazone groups is 1. The molecule has 0 bridgehead atoms. The number of nitrogens with zero attached hydrogens (tertiary/aromatic N) is 4. The Morgan fingerprint density at radius 3 is 2.61 bits per heavy atom. The highest BCUT2D eigenvalue weighted by molar-refractivity contribution is 6.08. The molecule has 0 unspecified atom stereocenters. The summed E-state index contributed by atoms with van der Waals surface area (Å²) in [6.07, 6.45) is 4.06. The maximum Gasteiger partial charge on any atom is 0.247 e. The van der Waals surface area contributed by atoms with Crippen molar-refractivity contribution < 1.29 is 18.3 Å². The average Bonchev–Trinajstić information content (AvgIpc) is 2.96. The van der Waals surface area contributed by atoms with E-state index in [4.69, 9.17) is 4.74 Å². The number of amides is 1. The summed E-state index contributed by atoms with van der Waals surface area (Å²) in [6, 6.07) is 1.80. The number of hydrogen-bond acceptors (Lipinski definition) is 4. The Balaban J connectivity index is 2.07. The van der Waals surface area contributed by atoms with Crippen molar-refractivity contribution in [3.63, 3.8) is 0 Å². The van der Waals surface area contributed by atoms with Gasteiger partial charge in [-0.15, -0.1) is 0 Å². The third kappa shape index (κ3) is 2.79. The minimum absolute atomic E-state index is 0.0356. The SMILES string of the molecule is COc1cc(F)c(F)cc1N1N=C(c2cnn(C)c2)CCC1=O. The van der Waals surface area contributed by atoms with Gasteiger partial charge in [-0.1, -0.05) is 0 Å². The van der Waals surface area contributed by atoms with Crippen LogP contribution in [-0.2, 0) is 11.8 Å². The fourth-order valence-electron chi connectivity index (χ4n) is 2.37. The van der Waals surface area contributed by atoms with Crippen molar-refractivity contribution in [1.82, 2.24) is 9.78 Å². The zero-order valence-electron chi connectivity index (χ0n) is 12.6. The minimum atomic E-state index is -1.07. The Morgan fingerprint density at radius 2 is 1.96 bits per heavy atom. The van der Waals surface area contributed by atoms with Crippen LogP contribution in [0, 0.1) is 11.6 Å². The van der Waals surface area contributed by atoms with E-state index in [2.05, 4.69) is 10.2 Å². The summed E-state index contributed by atoms with van der Waals surface area (Å²) in [6.45, 7) is 0. The fraction of sp³-hybridized carbons (Fsp3) is 0.267. The maximum atomic E-state index is 13.6. The normalized spacial score (nSPS) is 14.9. The van der Waals surface area contributed by atoms with Gasteiger partial charge in [-0.3, -0.25) is 9.48 Å². The molecule has 1 aromatic heterocycles. The lowest BCUT2D eigenvalue weighted by Crippen LogP contribution is -2.32. The Labute approximate surface area is 131 Å². The number of rotatable bonds is 3. The molecule has 3 rings (SSSR count). The average molecular weight is 320 g/mol. The number of carbonyl (C=O) groups is 1. The molecule has 2 heterocycles. The summed E-state index contributed by atoms with van der Waals surface area (Å²) >= 11 is 0. The molecule has 0 fully saturated rings. The van der Waals surface area contributed by atoms with Crippen molar-refractivity contribution >= 4 is 17.3 Å². The number of benzene rings is 1. The monoisotopic (exact) mass is 320 g/mol. The molecule has 8 heteroatoms. The van der Waals surface area contributed by atoms with Gasteiger partial charge in [0.2, 0.25) is 5.91 Å². The zero-order valence-corrected chi connectivity index (χ0v) is 12.6. The van der Waals surface area contributed by atoms with E-state index in [1.165, 1.54) is 7.11 Å². The van der Waals surface area contributed by atoms with Gasteiger partial charge in [-0.05, 0) is 0 Å². The molecule has 0 saturated heterocycles. The number of ether oxygens (including phenoxy) is 1. The van der Waals surface area contributed by atoms with Crippen LogP contribution in [0.3, 0.4) is 0 Å². The predicted octanol–water partition coefficient (Wildman–Crippen LogP) is 2.24. The lowest BCUT2D eigenvalue weighted by atomic mass is 10.1. The van der Waals surface area contributed by atoms with Crippen LogP contribution in [0.15, 0.2) is 29.6 Å². The number of carbonyl (C=O) groups excluding carboxylic acids is 1. The number of anilines is 1. The first-order valence-corrected chi connectivity index (χ1v) is 6.92. The molecule has 1 aliphatic rings. The van der Waals surface area contributed by atoms with Gasteiger partial charge in [0, 0.05) is 43.8 Å². The van der Waals surface area contributed by atoms with Crippen molar-refractivity contribution in [2.75, 3.05) is 12.1 Å². The van der Waals surface area contributed by atoms with Crippen molar-refractivity contribution in [1.29, 1.82) is 0 Å². The van der Waals surface area contributed by atoms with Crippen molar-refractivity contribution in [2.24, 2.45) is 12.1 Å². The molecule has 0 N–H and O–H groups in total. The largest absolute Gasteiger partial charge is 0.494 e. The van der Waals surface area contributed by atoms with Gasteiger partial charge in [0.1, 0.15) is 11.4 Å². The van der Waals surface area contributed by atoms with Crippen LogP contribution in [0.4, 0.5) is 14.5 Å². The van der Waals surface area contributed by atoms with Gasteiger partial charge in [0.25, 0.3) is 0 Å². The summed E-state index contributed by atoms with van der Waals surface area (Å²) in [7, 11) is 3.09. The van der Waals surface area contributed by atoms with E-state index in [9.17, 15) is 13.6 Å². The Morgan fingerprint density at radius 1 is 1.22 bits per heavy atom. The molecular weight excluding hydrogens is 306 g/mol. The first-order chi connectivity index (χ1) is 11.0. The zero-order chi connectivity index (χ0) is 16.6. The highest BCUT2D eigenvalue weighted by Gasteiger charge is 2.27. The molecule has 0 spiro atoms. The summed E-state index contributed by atoms with van der Waals surface area (Å²) < 4.78 is 33.6. The first kappa shape index (κ1) is 15.1. The minimum Gasteiger partial charge on any atom is -0.494 e. The third-order valence-corrected chi connectivity index (χ3v) is 3.52. The topological polar surface area (TPSA) is 59.7 Å². The molecule has 120 valence electrons. The molecule has 0 aliphatic carbocycles. The van der Waals surface area contributed by atoms with E-state index in [-0.39, 0.29) is 23.8 Å². The molecule has 0 atom stereocenters. The van der Waals surface area contributed by atoms with E-state index in [0.717, 1.165) is 22.7 Å². The number of halogens is 2. The summed E-state index contributed by atoms with van der Waals surface area (Å²) in [5, 5.41) is 9.39. The second kappa shape index (κ2) is 5.79. The van der Waals surface area contributed by atoms with E-state index in [1.807, 2.05) is 0 Å². The lowest BCUT2D eigenvalue weighted by molar-refractivity contribution is -0.118. The molecule has 0 radical (unpaired) electrons. The van der Waals surface area contributed by atoms with Crippen molar-refractivity contribution in [3.05, 3.63) is 41.7 Å². The van der Waals surface area contributed by atoms with Gasteiger partial charge in [-0.2, -0.15) is 15.2 Å². The predicted molar refractivity (Wildman–Crippen MR) is 79.4 cm³/mol. The quantitative estimate of drug-likeness (QED) is 0.871. The molecule has 1 aliphatic heterocycles. The summed E-state index contributed by atoms with van der Waals surface area (Å²) in [5.74, 6) is -2.40. The Bertz CT molecular complexity index is 801. The molecule has 1 amide bonds. The van der Waals surface area contributed by atoms with E-state index >= 15 is 0 Å². The van der Waals surface area contributed by atoms with Crippen LogP contribution >= 0.6 is 0 Å². The lowest BCUT2D eigenvalue weighted by Gasteiger charge is -2.24. The van der Waals surface area contributed by atoms with E-state index in [1.54, 1.807) is 24.1 Å². The maximum absolute atomic E-state index is 13.6. The summed E-state index contributed by atoms with van der Waals surface area (Å²) in [4.78, 5) is 12.2. The molecule has 2 aromatic rings. The summed E-state index contributed by atoms with van der Waals surface area (Å²) in [5.41, 5.74) is 1.48. The van der Waals surface area contributed by atoms with E-state index < -0.39 is 11.6 Å². The van der Waals surface area contributed by atoms with Crippen LogP contribution in [0.25, 0.3) is 0 Å². The Kier molecular flexibility index (Phi) is 3.81. The van der Waals surface area contributed by atoms with Crippen molar-refractivity contribution in [3.8, 4) is 5.75 Å². The van der Waals surface area contributed by atoms with Gasteiger partial charge in [0.15, 0.2) is 11.6 Å². The standard InChI is InChI=1S/C15H14F2N4O2/c1-20-8-9(7-18-20)12-3-4-15(22)21(19-12)13-5-10(16)11(17)6-14(13)23-2/h5-8H,3-4H2,1-2H3. The number of methoxy groups -OCH3 is 1. The Hall–Kier alpha value is -2.77. The highest BCUT2D eigenvalue weighted by atomic mass is 19.2. The molecule has 0 saturated carbocycles. The first-order valence-electron chi connectivity index (χ1n) is 6.92. The third-order valence-electron chi connectivity index (χ3n) is 3.52. The number of aromatic nitrogens is 2. The van der Waals surface area contributed by atoms with E-state index in [0.29, 0.717) is 12.1 Å².